The fraction of sp³-hybridized carbons (Fsp3) is 0.938. The molecule has 0 spiro atoms. The first kappa shape index (κ1) is 16.7. The summed E-state index contributed by atoms with van der Waals surface area (Å²) in [5.74, 6) is 0.260. The van der Waals surface area contributed by atoms with Crippen LogP contribution in [0.15, 0.2) is 0 Å². The number of carbonyl (C=O) groups excluding carboxylic acids is 1. The van der Waals surface area contributed by atoms with Crippen LogP contribution >= 0.6 is 0 Å². The molecule has 0 heterocycles. The Labute approximate surface area is 127 Å². The van der Waals surface area contributed by atoms with Crippen molar-refractivity contribution in [2.75, 3.05) is 33.5 Å². The fourth-order valence-corrected chi connectivity index (χ4v) is 3.31. The molecule has 0 aromatic carbocycles. The zero-order chi connectivity index (χ0) is 15.1. The number of carbonyl (C=O) groups is 1. The van der Waals surface area contributed by atoms with Crippen molar-refractivity contribution in [3.05, 3.63) is 0 Å². The molecule has 1 N–H and O–H groups in total. The average molecular weight is 299 g/mol. The fourth-order valence-electron chi connectivity index (χ4n) is 3.31. The Morgan fingerprint density at radius 3 is 2.71 bits per heavy atom. The van der Waals surface area contributed by atoms with Crippen LogP contribution in [0.4, 0.5) is 0 Å². The van der Waals surface area contributed by atoms with Gasteiger partial charge in [0, 0.05) is 19.8 Å². The summed E-state index contributed by atoms with van der Waals surface area (Å²) < 4.78 is 15.9. The highest BCUT2D eigenvalue weighted by Crippen LogP contribution is 2.41. The van der Waals surface area contributed by atoms with Crippen LogP contribution in [0.5, 0.6) is 0 Å². The lowest BCUT2D eigenvalue weighted by Crippen LogP contribution is -2.56. The van der Waals surface area contributed by atoms with Crippen LogP contribution in [0.2, 0.25) is 0 Å². The Bertz CT molecular complexity index is 332. The molecule has 0 amide bonds. The highest BCUT2D eigenvalue weighted by Gasteiger charge is 2.51. The second-order valence-electron chi connectivity index (χ2n) is 6.09. The first-order chi connectivity index (χ1) is 10.2. The number of ether oxygens (including phenoxy) is 3. The topological polar surface area (TPSA) is 56.8 Å². The minimum atomic E-state index is -0.470. The molecule has 2 aliphatic rings. The molecule has 0 bridgehead atoms. The molecular weight excluding hydrogens is 270 g/mol. The van der Waals surface area contributed by atoms with Gasteiger partial charge in [-0.2, -0.15) is 0 Å². The third-order valence-corrected chi connectivity index (χ3v) is 4.54. The number of methoxy groups -OCH3 is 1. The summed E-state index contributed by atoms with van der Waals surface area (Å²) in [6.07, 6.45) is 6.32. The molecule has 0 aromatic heterocycles. The lowest BCUT2D eigenvalue weighted by atomic mass is 9.84. The molecule has 2 aliphatic carbocycles. The molecule has 2 unspecified atom stereocenters. The molecule has 2 rings (SSSR count). The van der Waals surface area contributed by atoms with Gasteiger partial charge in [0.2, 0.25) is 0 Å². The second kappa shape index (κ2) is 8.11. The lowest BCUT2D eigenvalue weighted by Gasteiger charge is -2.34. The van der Waals surface area contributed by atoms with Gasteiger partial charge in [-0.1, -0.05) is 6.42 Å². The standard InChI is InChI=1S/C16H29NO4/c1-3-21-15(18)16(17-14-6-7-14)9-4-5-13(16)8-10-20-12-11-19-2/h13-14,17H,3-12H2,1-2H3. The van der Waals surface area contributed by atoms with E-state index in [0.717, 1.165) is 25.7 Å². The number of esters is 1. The van der Waals surface area contributed by atoms with Crippen molar-refractivity contribution < 1.29 is 19.0 Å². The quantitative estimate of drug-likeness (QED) is 0.493. The predicted molar refractivity (Wildman–Crippen MR) is 80.2 cm³/mol. The maximum atomic E-state index is 12.5. The van der Waals surface area contributed by atoms with Crippen LogP contribution in [-0.4, -0.2) is 51.1 Å². The van der Waals surface area contributed by atoms with Crippen molar-refractivity contribution in [1.82, 2.24) is 5.32 Å². The SMILES string of the molecule is CCOC(=O)C1(NC2CC2)CCCC1CCOCCOC. The molecule has 2 fully saturated rings. The van der Waals surface area contributed by atoms with Crippen molar-refractivity contribution >= 4 is 5.97 Å². The van der Waals surface area contributed by atoms with E-state index in [1.807, 2.05) is 6.92 Å². The predicted octanol–water partition coefficient (Wildman–Crippen LogP) is 1.89. The van der Waals surface area contributed by atoms with Crippen LogP contribution in [0.1, 0.15) is 45.4 Å². The molecule has 0 radical (unpaired) electrons. The van der Waals surface area contributed by atoms with E-state index in [2.05, 4.69) is 5.32 Å². The van der Waals surface area contributed by atoms with Crippen LogP contribution in [0.3, 0.4) is 0 Å². The van der Waals surface area contributed by atoms with Gasteiger partial charge in [0.05, 0.1) is 19.8 Å². The first-order valence-corrected chi connectivity index (χ1v) is 8.24. The van der Waals surface area contributed by atoms with Crippen molar-refractivity contribution in [2.24, 2.45) is 5.92 Å². The maximum absolute atomic E-state index is 12.5. The van der Waals surface area contributed by atoms with Crippen LogP contribution < -0.4 is 5.32 Å². The van der Waals surface area contributed by atoms with E-state index >= 15 is 0 Å². The van der Waals surface area contributed by atoms with Crippen LogP contribution in [0.25, 0.3) is 0 Å². The zero-order valence-corrected chi connectivity index (χ0v) is 13.4. The van der Waals surface area contributed by atoms with Crippen LogP contribution in [-0.2, 0) is 19.0 Å². The molecule has 0 aliphatic heterocycles. The van der Waals surface area contributed by atoms with E-state index < -0.39 is 5.54 Å². The van der Waals surface area contributed by atoms with E-state index in [0.29, 0.717) is 38.4 Å². The van der Waals surface area contributed by atoms with Gasteiger partial charge < -0.3 is 14.2 Å². The molecule has 2 saturated carbocycles. The van der Waals surface area contributed by atoms with Gasteiger partial charge >= 0.3 is 5.97 Å². The summed E-state index contributed by atoms with van der Waals surface area (Å²) >= 11 is 0. The van der Waals surface area contributed by atoms with Crippen molar-refractivity contribution in [3.8, 4) is 0 Å². The smallest absolute Gasteiger partial charge is 0.326 e. The van der Waals surface area contributed by atoms with Crippen molar-refractivity contribution in [2.45, 2.75) is 57.0 Å². The summed E-state index contributed by atoms with van der Waals surface area (Å²) in [5.41, 5.74) is -0.470. The molecule has 21 heavy (non-hydrogen) atoms. The Morgan fingerprint density at radius 1 is 1.24 bits per heavy atom. The van der Waals surface area contributed by atoms with Crippen LogP contribution in [0, 0.1) is 5.92 Å². The summed E-state index contributed by atoms with van der Waals surface area (Å²) in [5, 5.41) is 3.60. The zero-order valence-electron chi connectivity index (χ0n) is 13.4. The molecule has 2 atom stereocenters. The van der Waals surface area contributed by atoms with Gasteiger partial charge in [-0.05, 0) is 44.9 Å². The van der Waals surface area contributed by atoms with E-state index in [-0.39, 0.29) is 5.97 Å². The molecule has 122 valence electrons. The van der Waals surface area contributed by atoms with E-state index in [1.165, 1.54) is 12.8 Å². The summed E-state index contributed by atoms with van der Waals surface area (Å²) in [6.45, 7) is 4.24. The summed E-state index contributed by atoms with van der Waals surface area (Å²) in [6, 6.07) is 0.504. The van der Waals surface area contributed by atoms with Crippen molar-refractivity contribution in [3.63, 3.8) is 0 Å². The first-order valence-electron chi connectivity index (χ1n) is 8.24. The number of hydrogen-bond acceptors (Lipinski definition) is 5. The maximum Gasteiger partial charge on any atom is 0.326 e. The summed E-state index contributed by atoms with van der Waals surface area (Å²) in [4.78, 5) is 12.5. The van der Waals surface area contributed by atoms with E-state index in [4.69, 9.17) is 14.2 Å². The Hall–Kier alpha value is -0.650. The average Bonchev–Trinajstić information content (AvgIpc) is 3.19. The van der Waals surface area contributed by atoms with Gasteiger partial charge in [0.15, 0.2) is 0 Å². The minimum Gasteiger partial charge on any atom is -0.465 e. The second-order valence-corrected chi connectivity index (χ2v) is 6.09. The largest absolute Gasteiger partial charge is 0.465 e. The number of rotatable bonds is 10. The molecular formula is C16H29NO4. The highest BCUT2D eigenvalue weighted by molar-refractivity contribution is 5.82. The van der Waals surface area contributed by atoms with Gasteiger partial charge in [-0.3, -0.25) is 10.1 Å². The van der Waals surface area contributed by atoms with E-state index in [1.54, 1.807) is 7.11 Å². The third kappa shape index (κ3) is 4.41. The molecule has 0 saturated heterocycles. The monoisotopic (exact) mass is 299 g/mol. The van der Waals surface area contributed by atoms with Gasteiger partial charge in [0.1, 0.15) is 5.54 Å². The highest BCUT2D eigenvalue weighted by atomic mass is 16.5. The summed E-state index contributed by atoms with van der Waals surface area (Å²) in [7, 11) is 1.67. The van der Waals surface area contributed by atoms with E-state index in [9.17, 15) is 4.79 Å². The molecule has 0 aromatic rings. The number of nitrogens with one attached hydrogen (secondary N) is 1. The molecule has 5 nitrogen and oxygen atoms in total. The lowest BCUT2D eigenvalue weighted by molar-refractivity contribution is -0.153. The van der Waals surface area contributed by atoms with Crippen molar-refractivity contribution in [1.29, 1.82) is 0 Å². The Balaban J connectivity index is 1.90. The van der Waals surface area contributed by atoms with Gasteiger partial charge in [0.25, 0.3) is 0 Å². The molecule has 5 heteroatoms. The Morgan fingerprint density at radius 2 is 2.05 bits per heavy atom. The number of hydrogen-bond donors (Lipinski definition) is 1. The normalized spacial score (nSPS) is 28.8. The third-order valence-electron chi connectivity index (χ3n) is 4.54. The van der Waals surface area contributed by atoms with Gasteiger partial charge in [-0.15, -0.1) is 0 Å². The van der Waals surface area contributed by atoms with Gasteiger partial charge in [-0.25, -0.2) is 0 Å². The Kier molecular flexibility index (Phi) is 6.45. The minimum absolute atomic E-state index is 0.0590.